The van der Waals surface area contributed by atoms with Crippen LogP contribution in [0.2, 0.25) is 0 Å². The molecule has 1 fully saturated rings. The van der Waals surface area contributed by atoms with Crippen molar-refractivity contribution in [2.45, 2.75) is 45.4 Å². The van der Waals surface area contributed by atoms with Crippen molar-refractivity contribution in [3.05, 3.63) is 65.4 Å². The Morgan fingerprint density at radius 1 is 1.03 bits per heavy atom. The van der Waals surface area contributed by atoms with E-state index in [2.05, 4.69) is 20.4 Å². The smallest absolute Gasteiger partial charge is 0.296 e. The molecule has 0 atom stereocenters. The van der Waals surface area contributed by atoms with Crippen LogP contribution in [0.4, 0.5) is 5.82 Å². The number of anilines is 1. The van der Waals surface area contributed by atoms with Crippen LogP contribution in [0.25, 0.3) is 11.5 Å². The third-order valence-electron chi connectivity index (χ3n) is 5.57. The first-order valence-electron chi connectivity index (χ1n) is 10.3. The Kier molecular flexibility index (Phi) is 4.54. The zero-order valence-electron chi connectivity index (χ0n) is 17.0. The van der Waals surface area contributed by atoms with E-state index in [0.29, 0.717) is 17.5 Å². The Morgan fingerprint density at radius 2 is 1.80 bits per heavy atom. The predicted octanol–water partition coefficient (Wildman–Crippen LogP) is 3.84. The minimum Gasteiger partial charge on any atom is -0.304 e. The van der Waals surface area contributed by atoms with Gasteiger partial charge in [-0.1, -0.05) is 31.0 Å². The van der Waals surface area contributed by atoms with Crippen LogP contribution < -0.4 is 5.32 Å². The summed E-state index contributed by atoms with van der Waals surface area (Å²) in [6.45, 7) is 3.81. The molecule has 3 aromatic heterocycles. The Bertz CT molecular complexity index is 1220. The van der Waals surface area contributed by atoms with Gasteiger partial charge in [0, 0.05) is 23.4 Å². The highest BCUT2D eigenvalue weighted by molar-refractivity contribution is 6.01. The zero-order chi connectivity index (χ0) is 20.7. The number of fused-ring (bicyclic) bond motifs is 1. The Hall–Kier alpha value is -3.55. The van der Waals surface area contributed by atoms with Crippen molar-refractivity contribution in [3.8, 4) is 5.69 Å². The fourth-order valence-corrected chi connectivity index (χ4v) is 4.11. The molecular weight excluding hydrogens is 378 g/mol. The summed E-state index contributed by atoms with van der Waals surface area (Å²) < 4.78 is 3.37. The lowest BCUT2D eigenvalue weighted by Crippen LogP contribution is -2.16. The summed E-state index contributed by atoms with van der Waals surface area (Å²) in [7, 11) is 0. The van der Waals surface area contributed by atoms with Crippen LogP contribution >= 0.6 is 0 Å². The lowest BCUT2D eigenvalue weighted by molar-refractivity contribution is 0.101. The third kappa shape index (κ3) is 3.34. The molecule has 0 bridgehead atoms. The number of hydrogen-bond donors (Lipinski definition) is 1. The molecule has 30 heavy (non-hydrogen) atoms. The van der Waals surface area contributed by atoms with Gasteiger partial charge < -0.3 is 5.32 Å². The molecule has 1 aromatic carbocycles. The second-order valence-electron chi connectivity index (χ2n) is 7.82. The zero-order valence-corrected chi connectivity index (χ0v) is 17.0. The fraction of sp³-hybridized carbons (Fsp3) is 0.318. The van der Waals surface area contributed by atoms with Crippen molar-refractivity contribution in [2.24, 2.45) is 0 Å². The minimum absolute atomic E-state index is 0.0828. The molecule has 152 valence electrons. The van der Waals surface area contributed by atoms with Gasteiger partial charge in [0.05, 0.1) is 11.4 Å². The number of nitrogens with one attached hydrogen (secondary N) is 1. The first-order chi connectivity index (χ1) is 14.6. The van der Waals surface area contributed by atoms with Crippen molar-refractivity contribution in [3.63, 3.8) is 0 Å². The van der Waals surface area contributed by atoms with Gasteiger partial charge in [-0.25, -0.2) is 14.2 Å². The summed E-state index contributed by atoms with van der Waals surface area (Å²) in [5, 5.41) is 12.1. The van der Waals surface area contributed by atoms with Crippen molar-refractivity contribution in [1.82, 2.24) is 29.4 Å². The minimum atomic E-state index is -0.382. The molecule has 1 aliphatic rings. The van der Waals surface area contributed by atoms with Gasteiger partial charge in [0.25, 0.3) is 11.7 Å². The maximum absolute atomic E-state index is 13.0. The van der Waals surface area contributed by atoms with E-state index in [9.17, 15) is 4.79 Å². The molecule has 3 heterocycles. The first-order valence-corrected chi connectivity index (χ1v) is 10.3. The Labute approximate surface area is 174 Å². The number of para-hydroxylation sites is 1. The van der Waals surface area contributed by atoms with Gasteiger partial charge in [0.2, 0.25) is 5.82 Å². The standard InChI is InChI=1S/C22H23N7O/c1-14-12-15(2)28-22(23-14)25-20(27-28)21(30)24-19-13-18(16-8-6-7-9-16)26-29(19)17-10-4-3-5-11-17/h3-5,10-13,16H,6-9H2,1-2H3,(H,24,30). The Balaban J connectivity index is 1.50. The van der Waals surface area contributed by atoms with Gasteiger partial charge in [-0.05, 0) is 44.9 Å². The highest BCUT2D eigenvalue weighted by Crippen LogP contribution is 2.35. The second kappa shape index (κ2) is 7.37. The van der Waals surface area contributed by atoms with Crippen molar-refractivity contribution in [2.75, 3.05) is 5.32 Å². The highest BCUT2D eigenvalue weighted by Gasteiger charge is 2.23. The van der Waals surface area contributed by atoms with Crippen molar-refractivity contribution < 1.29 is 4.79 Å². The summed E-state index contributed by atoms with van der Waals surface area (Å²) >= 11 is 0. The van der Waals surface area contributed by atoms with E-state index in [0.717, 1.165) is 35.6 Å². The maximum Gasteiger partial charge on any atom is 0.296 e. The van der Waals surface area contributed by atoms with Gasteiger partial charge in [-0.15, -0.1) is 5.10 Å². The fourth-order valence-electron chi connectivity index (χ4n) is 4.11. The summed E-state index contributed by atoms with van der Waals surface area (Å²) in [6, 6.07) is 13.7. The topological polar surface area (TPSA) is 90.0 Å². The Morgan fingerprint density at radius 3 is 2.57 bits per heavy atom. The average molecular weight is 401 g/mol. The second-order valence-corrected chi connectivity index (χ2v) is 7.82. The number of aromatic nitrogens is 6. The molecule has 8 nitrogen and oxygen atoms in total. The average Bonchev–Trinajstić information content (AvgIpc) is 3.48. The van der Waals surface area contributed by atoms with Gasteiger partial charge in [-0.2, -0.15) is 10.1 Å². The van der Waals surface area contributed by atoms with Crippen LogP contribution in [-0.2, 0) is 0 Å². The van der Waals surface area contributed by atoms with Crippen LogP contribution in [0.1, 0.15) is 59.3 Å². The number of hydrogen-bond acceptors (Lipinski definition) is 5. The molecule has 0 unspecified atom stereocenters. The summed E-state index contributed by atoms with van der Waals surface area (Å²) in [4.78, 5) is 21.7. The van der Waals surface area contributed by atoms with Gasteiger partial charge in [-0.3, -0.25) is 4.79 Å². The van der Waals surface area contributed by atoms with Gasteiger partial charge in [0.1, 0.15) is 5.82 Å². The summed E-state index contributed by atoms with van der Waals surface area (Å²) in [5.74, 6) is 1.18. The molecule has 0 spiro atoms. The molecule has 8 heteroatoms. The molecule has 0 saturated heterocycles. The van der Waals surface area contributed by atoms with Crippen LogP contribution in [0.5, 0.6) is 0 Å². The number of carbonyl (C=O) groups excluding carboxylic acids is 1. The molecule has 1 amide bonds. The van der Waals surface area contributed by atoms with Crippen LogP contribution in [0, 0.1) is 13.8 Å². The lowest BCUT2D eigenvalue weighted by Gasteiger charge is -2.07. The van der Waals surface area contributed by atoms with Crippen LogP contribution in [0.15, 0.2) is 42.5 Å². The maximum atomic E-state index is 13.0. The molecule has 0 radical (unpaired) electrons. The van der Waals surface area contributed by atoms with Crippen molar-refractivity contribution in [1.29, 1.82) is 0 Å². The third-order valence-corrected chi connectivity index (χ3v) is 5.57. The van der Waals surface area contributed by atoms with E-state index in [4.69, 9.17) is 5.10 Å². The molecule has 5 rings (SSSR count). The SMILES string of the molecule is Cc1cc(C)n2nc(C(=O)Nc3cc(C4CCCC4)nn3-c3ccccc3)nc2n1. The van der Waals surface area contributed by atoms with E-state index < -0.39 is 0 Å². The van der Waals surface area contributed by atoms with Crippen molar-refractivity contribution >= 4 is 17.5 Å². The highest BCUT2D eigenvalue weighted by atomic mass is 16.2. The molecular formula is C22H23N7O. The quantitative estimate of drug-likeness (QED) is 0.561. The summed E-state index contributed by atoms with van der Waals surface area (Å²) in [5.41, 5.74) is 3.63. The predicted molar refractivity (Wildman–Crippen MR) is 113 cm³/mol. The van der Waals surface area contributed by atoms with Crippen LogP contribution in [0.3, 0.4) is 0 Å². The van der Waals surface area contributed by atoms with E-state index in [1.54, 1.807) is 9.20 Å². The van der Waals surface area contributed by atoms with Crippen LogP contribution in [-0.4, -0.2) is 35.3 Å². The van der Waals surface area contributed by atoms with Gasteiger partial charge in [0.15, 0.2) is 0 Å². The normalized spacial score (nSPS) is 14.5. The molecule has 1 aliphatic carbocycles. The number of aryl methyl sites for hydroxylation is 2. The number of nitrogens with zero attached hydrogens (tertiary/aromatic N) is 6. The molecule has 4 aromatic rings. The largest absolute Gasteiger partial charge is 0.304 e. The monoisotopic (exact) mass is 401 g/mol. The number of benzene rings is 1. The number of amides is 1. The molecule has 1 saturated carbocycles. The van der Waals surface area contributed by atoms with E-state index >= 15 is 0 Å². The lowest BCUT2D eigenvalue weighted by atomic mass is 10.0. The molecule has 0 aliphatic heterocycles. The number of rotatable bonds is 4. The summed E-state index contributed by atoms with van der Waals surface area (Å²) in [6.07, 6.45) is 4.72. The van der Waals surface area contributed by atoms with E-state index in [-0.39, 0.29) is 11.7 Å². The first kappa shape index (κ1) is 18.5. The van der Waals surface area contributed by atoms with E-state index in [1.165, 1.54) is 12.8 Å². The number of carbonyl (C=O) groups is 1. The van der Waals surface area contributed by atoms with E-state index in [1.807, 2.05) is 56.3 Å². The molecule has 1 N–H and O–H groups in total. The van der Waals surface area contributed by atoms with Gasteiger partial charge >= 0.3 is 0 Å².